The highest BCUT2D eigenvalue weighted by Gasteiger charge is 2.27. The quantitative estimate of drug-likeness (QED) is 0.479. The number of allylic oxidation sites excluding steroid dienone is 4. The molecule has 4 heteroatoms. The number of likely N-dealkylation sites (N-methyl/N-ethyl adjacent to an activating group) is 1. The second kappa shape index (κ2) is 4.26. The van der Waals surface area contributed by atoms with Crippen LogP contribution in [0.5, 0.6) is 0 Å². The van der Waals surface area contributed by atoms with Crippen molar-refractivity contribution in [3.8, 4) is 0 Å². The molecule has 3 nitrogen and oxygen atoms in total. The molecule has 0 aromatic rings. The summed E-state index contributed by atoms with van der Waals surface area (Å²) in [6.45, 7) is 0. The van der Waals surface area contributed by atoms with E-state index in [0.29, 0.717) is 35.6 Å². The van der Waals surface area contributed by atoms with Crippen molar-refractivity contribution in [3.63, 3.8) is 0 Å². The maximum atomic E-state index is 11.7. The number of hydrogen-bond donors (Lipinski definition) is 0. The Labute approximate surface area is 99.1 Å². The number of hydrogen-bond acceptors (Lipinski definition) is 3. The van der Waals surface area contributed by atoms with Crippen molar-refractivity contribution in [1.82, 2.24) is 4.90 Å². The second-order valence-electron chi connectivity index (χ2n) is 3.92. The molecule has 1 saturated carbocycles. The van der Waals surface area contributed by atoms with Crippen LogP contribution in [-0.2, 0) is 9.59 Å². The molecule has 0 aromatic heterocycles. The van der Waals surface area contributed by atoms with Crippen LogP contribution in [0.4, 0.5) is 0 Å². The Morgan fingerprint density at radius 2 is 1.81 bits per heavy atom. The number of carbonyl (C=O) groups is 2. The summed E-state index contributed by atoms with van der Waals surface area (Å²) >= 11 is 5.83. The molecule has 1 fully saturated rings. The van der Waals surface area contributed by atoms with E-state index < -0.39 is 0 Å². The Morgan fingerprint density at radius 1 is 1.19 bits per heavy atom. The Bertz CT molecular complexity index is 428. The van der Waals surface area contributed by atoms with Crippen molar-refractivity contribution in [2.24, 2.45) is 0 Å². The minimum atomic E-state index is -0.0610. The maximum absolute atomic E-state index is 11.7. The molecule has 1 aliphatic heterocycles. The maximum Gasteiger partial charge on any atom is 0.168 e. The molecule has 1 heterocycles. The lowest BCUT2D eigenvalue weighted by atomic mass is 9.90. The van der Waals surface area contributed by atoms with Gasteiger partial charge in [-0.1, -0.05) is 11.6 Å². The van der Waals surface area contributed by atoms with Crippen molar-refractivity contribution < 1.29 is 9.59 Å². The number of Topliss-reactive ketones (excluding diaryl/α,β-unsaturated/α-hetero) is 2. The van der Waals surface area contributed by atoms with Gasteiger partial charge in [-0.2, -0.15) is 0 Å². The lowest BCUT2D eigenvalue weighted by molar-refractivity contribution is -0.123. The van der Waals surface area contributed by atoms with Crippen molar-refractivity contribution in [2.75, 3.05) is 7.05 Å². The molecule has 0 bridgehead atoms. The van der Waals surface area contributed by atoms with E-state index in [4.69, 9.17) is 11.6 Å². The zero-order chi connectivity index (χ0) is 11.7. The van der Waals surface area contributed by atoms with Gasteiger partial charge >= 0.3 is 0 Å². The van der Waals surface area contributed by atoms with E-state index in [9.17, 15) is 9.59 Å². The van der Waals surface area contributed by atoms with Crippen molar-refractivity contribution in [3.05, 3.63) is 34.7 Å². The summed E-state index contributed by atoms with van der Waals surface area (Å²) in [5.41, 5.74) is 0.976. The average Bonchev–Trinajstić information content (AvgIpc) is 2.20. The van der Waals surface area contributed by atoms with Gasteiger partial charge in [-0.25, -0.2) is 0 Å². The van der Waals surface area contributed by atoms with Gasteiger partial charge in [0.15, 0.2) is 11.6 Å². The van der Waals surface area contributed by atoms with E-state index in [1.54, 1.807) is 30.3 Å². The van der Waals surface area contributed by atoms with E-state index in [2.05, 4.69) is 0 Å². The van der Waals surface area contributed by atoms with Crippen molar-refractivity contribution in [1.29, 1.82) is 0 Å². The zero-order valence-electron chi connectivity index (χ0n) is 9.00. The van der Waals surface area contributed by atoms with Gasteiger partial charge in [0.2, 0.25) is 0 Å². The fourth-order valence-electron chi connectivity index (χ4n) is 1.93. The van der Waals surface area contributed by atoms with E-state index in [1.807, 2.05) is 0 Å². The topological polar surface area (TPSA) is 37.4 Å². The largest absolute Gasteiger partial charge is 0.349 e. The average molecular weight is 238 g/mol. The molecule has 16 heavy (non-hydrogen) atoms. The van der Waals surface area contributed by atoms with Crippen LogP contribution in [0, 0.1) is 0 Å². The lowest BCUT2D eigenvalue weighted by Crippen LogP contribution is -2.25. The van der Waals surface area contributed by atoms with Crippen LogP contribution < -0.4 is 0 Å². The number of halogens is 1. The highest BCUT2D eigenvalue weighted by molar-refractivity contribution is 6.31. The monoisotopic (exact) mass is 237 g/mol. The molecule has 0 N–H and O–H groups in total. The highest BCUT2D eigenvalue weighted by atomic mass is 35.5. The summed E-state index contributed by atoms with van der Waals surface area (Å²) in [7, 11) is 1.78. The molecular weight excluding hydrogens is 226 g/mol. The lowest BCUT2D eigenvalue weighted by Gasteiger charge is -2.24. The number of ketones is 2. The van der Waals surface area contributed by atoms with Crippen LogP contribution >= 0.6 is 11.6 Å². The SMILES string of the molecule is CN1C=C(Cl)C=CC1=C1C(=O)CCCC1=O. The van der Waals surface area contributed by atoms with Crippen molar-refractivity contribution in [2.45, 2.75) is 19.3 Å². The van der Waals surface area contributed by atoms with Crippen LogP contribution in [0.15, 0.2) is 34.7 Å². The standard InChI is InChI=1S/C12H12ClNO2/c1-14-7-8(13)5-6-9(14)12-10(15)3-2-4-11(12)16/h5-7H,2-4H2,1H3. The third kappa shape index (κ3) is 1.95. The normalized spacial score (nSPS) is 21.6. The molecule has 1 aliphatic carbocycles. The van der Waals surface area contributed by atoms with Crippen LogP contribution in [0.1, 0.15) is 19.3 Å². The van der Waals surface area contributed by atoms with Gasteiger partial charge in [0.1, 0.15) is 0 Å². The first kappa shape index (κ1) is 11.1. The first-order valence-electron chi connectivity index (χ1n) is 5.18. The number of nitrogens with zero attached hydrogens (tertiary/aromatic N) is 1. The summed E-state index contributed by atoms with van der Waals surface area (Å²) in [6.07, 6.45) is 6.70. The fraction of sp³-hybridized carbons (Fsp3) is 0.333. The van der Waals surface area contributed by atoms with Crippen LogP contribution in [-0.4, -0.2) is 23.5 Å². The summed E-state index contributed by atoms with van der Waals surface area (Å²) in [5, 5.41) is 0.586. The second-order valence-corrected chi connectivity index (χ2v) is 4.35. The van der Waals surface area contributed by atoms with Crippen LogP contribution in [0.25, 0.3) is 0 Å². The Kier molecular flexibility index (Phi) is 2.97. The molecule has 84 valence electrons. The molecule has 0 atom stereocenters. The smallest absolute Gasteiger partial charge is 0.168 e. The summed E-state index contributed by atoms with van der Waals surface area (Å²) in [4.78, 5) is 25.2. The third-order valence-corrected chi connectivity index (χ3v) is 2.94. The van der Waals surface area contributed by atoms with Gasteiger partial charge in [0.05, 0.1) is 16.3 Å². The van der Waals surface area contributed by atoms with E-state index in [0.717, 1.165) is 0 Å². The first-order valence-corrected chi connectivity index (χ1v) is 5.56. The first-order chi connectivity index (χ1) is 7.59. The minimum absolute atomic E-state index is 0.0610. The van der Waals surface area contributed by atoms with Gasteiger partial charge in [0.25, 0.3) is 0 Å². The van der Waals surface area contributed by atoms with Gasteiger partial charge in [-0.15, -0.1) is 0 Å². The van der Waals surface area contributed by atoms with E-state index in [-0.39, 0.29) is 11.6 Å². The van der Waals surface area contributed by atoms with Gasteiger partial charge in [-0.05, 0) is 18.6 Å². The molecule has 0 radical (unpaired) electrons. The Hall–Kier alpha value is -1.35. The fourth-order valence-corrected chi connectivity index (χ4v) is 2.14. The van der Waals surface area contributed by atoms with Gasteiger partial charge in [-0.3, -0.25) is 9.59 Å². The molecule has 2 aliphatic rings. The molecule has 2 rings (SSSR count). The molecular formula is C12H12ClNO2. The molecule has 0 spiro atoms. The zero-order valence-corrected chi connectivity index (χ0v) is 9.75. The van der Waals surface area contributed by atoms with Crippen LogP contribution in [0.3, 0.4) is 0 Å². The number of carbonyl (C=O) groups excluding carboxylic acids is 2. The van der Waals surface area contributed by atoms with E-state index >= 15 is 0 Å². The molecule has 0 saturated heterocycles. The van der Waals surface area contributed by atoms with E-state index in [1.165, 1.54) is 0 Å². The summed E-state index contributed by atoms with van der Waals surface area (Å²) in [5.74, 6) is -0.122. The van der Waals surface area contributed by atoms with Gasteiger partial charge in [0, 0.05) is 26.1 Å². The van der Waals surface area contributed by atoms with Crippen LogP contribution in [0.2, 0.25) is 0 Å². The minimum Gasteiger partial charge on any atom is -0.349 e. The molecule has 0 amide bonds. The predicted molar refractivity (Wildman–Crippen MR) is 61.7 cm³/mol. The molecule has 0 unspecified atom stereocenters. The molecule has 0 aromatic carbocycles. The van der Waals surface area contributed by atoms with Crippen molar-refractivity contribution >= 4 is 23.2 Å². The van der Waals surface area contributed by atoms with Gasteiger partial charge < -0.3 is 4.90 Å². The number of rotatable bonds is 0. The Morgan fingerprint density at radius 3 is 2.38 bits per heavy atom. The third-order valence-electron chi connectivity index (χ3n) is 2.72. The predicted octanol–water partition coefficient (Wildman–Crippen LogP) is 2.14. The summed E-state index contributed by atoms with van der Waals surface area (Å²) in [6, 6.07) is 0. The highest BCUT2D eigenvalue weighted by Crippen LogP contribution is 2.26. The Balaban J connectivity index is 2.44. The summed E-state index contributed by atoms with van der Waals surface area (Å²) < 4.78 is 0.